The SMILES string of the molecule is CCn1nnc2c(=O)n(CCC(C)O)cnc21. The van der Waals surface area contributed by atoms with Gasteiger partial charge < -0.3 is 5.11 Å². The van der Waals surface area contributed by atoms with Gasteiger partial charge in [0.1, 0.15) is 6.33 Å². The highest BCUT2D eigenvalue weighted by Gasteiger charge is 2.10. The first-order valence-electron chi connectivity index (χ1n) is 5.60. The van der Waals surface area contributed by atoms with E-state index < -0.39 is 6.10 Å². The van der Waals surface area contributed by atoms with Gasteiger partial charge in [-0.05, 0) is 20.3 Å². The van der Waals surface area contributed by atoms with Crippen molar-refractivity contribution in [3.8, 4) is 0 Å². The number of hydrogen-bond acceptors (Lipinski definition) is 5. The molecule has 0 fully saturated rings. The van der Waals surface area contributed by atoms with E-state index in [2.05, 4.69) is 15.3 Å². The molecule has 17 heavy (non-hydrogen) atoms. The number of nitrogens with zero attached hydrogens (tertiary/aromatic N) is 5. The third-order valence-electron chi connectivity index (χ3n) is 2.58. The van der Waals surface area contributed by atoms with Crippen LogP contribution in [0.1, 0.15) is 20.3 Å². The maximum Gasteiger partial charge on any atom is 0.283 e. The van der Waals surface area contributed by atoms with Gasteiger partial charge in [-0.3, -0.25) is 9.36 Å². The lowest BCUT2D eigenvalue weighted by Gasteiger charge is -2.06. The summed E-state index contributed by atoms with van der Waals surface area (Å²) in [6, 6.07) is 0. The topological polar surface area (TPSA) is 85.8 Å². The first-order valence-corrected chi connectivity index (χ1v) is 5.60. The molecule has 0 amide bonds. The lowest BCUT2D eigenvalue weighted by molar-refractivity contribution is 0.177. The fourth-order valence-electron chi connectivity index (χ4n) is 1.59. The number of aromatic nitrogens is 5. The molecule has 2 rings (SSSR count). The quantitative estimate of drug-likeness (QED) is 0.794. The van der Waals surface area contributed by atoms with Crippen molar-refractivity contribution >= 4 is 11.2 Å². The van der Waals surface area contributed by atoms with E-state index in [-0.39, 0.29) is 11.1 Å². The Hall–Kier alpha value is -1.76. The lowest BCUT2D eigenvalue weighted by atomic mass is 10.3. The molecule has 0 bridgehead atoms. The molecule has 0 saturated heterocycles. The molecule has 1 unspecified atom stereocenters. The van der Waals surface area contributed by atoms with Crippen LogP contribution >= 0.6 is 0 Å². The summed E-state index contributed by atoms with van der Waals surface area (Å²) in [4.78, 5) is 16.2. The summed E-state index contributed by atoms with van der Waals surface area (Å²) in [6.45, 7) is 4.65. The van der Waals surface area contributed by atoms with Crippen LogP contribution in [0.15, 0.2) is 11.1 Å². The Balaban J connectivity index is 2.41. The predicted octanol–water partition coefficient (Wildman–Crippen LogP) is -0.221. The van der Waals surface area contributed by atoms with Gasteiger partial charge in [0.15, 0.2) is 11.2 Å². The molecule has 0 aliphatic heterocycles. The minimum atomic E-state index is -0.441. The van der Waals surface area contributed by atoms with Crippen LogP contribution in [-0.4, -0.2) is 35.8 Å². The number of aryl methyl sites for hydroxylation is 2. The fourth-order valence-corrected chi connectivity index (χ4v) is 1.59. The van der Waals surface area contributed by atoms with Crippen LogP contribution in [-0.2, 0) is 13.1 Å². The van der Waals surface area contributed by atoms with Gasteiger partial charge in [-0.1, -0.05) is 5.21 Å². The van der Waals surface area contributed by atoms with Crippen LogP contribution in [0.2, 0.25) is 0 Å². The van der Waals surface area contributed by atoms with E-state index in [9.17, 15) is 9.90 Å². The average molecular weight is 237 g/mol. The third kappa shape index (κ3) is 2.19. The van der Waals surface area contributed by atoms with Crippen molar-refractivity contribution in [1.82, 2.24) is 24.5 Å². The lowest BCUT2D eigenvalue weighted by Crippen LogP contribution is -2.22. The molecule has 0 aromatic carbocycles. The Morgan fingerprint density at radius 1 is 1.53 bits per heavy atom. The second-order valence-corrected chi connectivity index (χ2v) is 3.96. The zero-order valence-corrected chi connectivity index (χ0v) is 9.87. The molecule has 2 aromatic rings. The highest BCUT2D eigenvalue weighted by molar-refractivity contribution is 5.67. The van der Waals surface area contributed by atoms with Crippen molar-refractivity contribution in [1.29, 1.82) is 0 Å². The van der Waals surface area contributed by atoms with Gasteiger partial charge in [-0.25, -0.2) is 9.67 Å². The summed E-state index contributed by atoms with van der Waals surface area (Å²) in [5.74, 6) is 0. The molecular weight excluding hydrogens is 222 g/mol. The van der Waals surface area contributed by atoms with Gasteiger partial charge in [0.25, 0.3) is 5.56 Å². The summed E-state index contributed by atoms with van der Waals surface area (Å²) in [7, 11) is 0. The minimum absolute atomic E-state index is 0.213. The van der Waals surface area contributed by atoms with Gasteiger partial charge in [0.2, 0.25) is 0 Å². The largest absolute Gasteiger partial charge is 0.393 e. The summed E-state index contributed by atoms with van der Waals surface area (Å²) < 4.78 is 3.03. The van der Waals surface area contributed by atoms with E-state index in [0.29, 0.717) is 25.2 Å². The van der Waals surface area contributed by atoms with E-state index >= 15 is 0 Å². The molecular formula is C10H15N5O2. The molecule has 0 saturated carbocycles. The number of aliphatic hydroxyl groups is 1. The Morgan fingerprint density at radius 3 is 2.94 bits per heavy atom. The van der Waals surface area contributed by atoms with Crippen LogP contribution in [0.5, 0.6) is 0 Å². The summed E-state index contributed by atoms with van der Waals surface area (Å²) in [5.41, 5.74) is 0.570. The molecule has 92 valence electrons. The fraction of sp³-hybridized carbons (Fsp3) is 0.600. The van der Waals surface area contributed by atoms with Gasteiger partial charge in [-0.15, -0.1) is 5.10 Å². The zero-order chi connectivity index (χ0) is 12.4. The maximum atomic E-state index is 12.0. The van der Waals surface area contributed by atoms with Crippen molar-refractivity contribution in [2.45, 2.75) is 39.5 Å². The summed E-state index contributed by atoms with van der Waals surface area (Å²) >= 11 is 0. The Morgan fingerprint density at radius 2 is 2.29 bits per heavy atom. The van der Waals surface area contributed by atoms with Crippen LogP contribution in [0, 0.1) is 0 Å². The van der Waals surface area contributed by atoms with Gasteiger partial charge in [0.05, 0.1) is 6.10 Å². The molecule has 1 atom stereocenters. The van der Waals surface area contributed by atoms with Gasteiger partial charge in [0, 0.05) is 13.1 Å². The maximum absolute atomic E-state index is 12.0. The minimum Gasteiger partial charge on any atom is -0.393 e. The molecule has 7 nitrogen and oxygen atoms in total. The number of hydrogen-bond donors (Lipinski definition) is 1. The van der Waals surface area contributed by atoms with Crippen molar-refractivity contribution < 1.29 is 5.11 Å². The molecule has 0 spiro atoms. The number of fused-ring (bicyclic) bond motifs is 1. The Labute approximate surface area is 97.7 Å². The molecule has 7 heteroatoms. The normalized spacial score (nSPS) is 13.1. The smallest absolute Gasteiger partial charge is 0.283 e. The molecule has 1 N–H and O–H groups in total. The van der Waals surface area contributed by atoms with E-state index in [1.54, 1.807) is 11.6 Å². The van der Waals surface area contributed by atoms with E-state index in [1.165, 1.54) is 10.9 Å². The van der Waals surface area contributed by atoms with Crippen molar-refractivity contribution in [2.24, 2.45) is 0 Å². The van der Waals surface area contributed by atoms with Gasteiger partial charge >= 0.3 is 0 Å². The Bertz CT molecular complexity index is 572. The third-order valence-corrected chi connectivity index (χ3v) is 2.58. The van der Waals surface area contributed by atoms with E-state index in [0.717, 1.165) is 0 Å². The average Bonchev–Trinajstić information content (AvgIpc) is 2.71. The van der Waals surface area contributed by atoms with Crippen LogP contribution in [0.3, 0.4) is 0 Å². The summed E-state index contributed by atoms with van der Waals surface area (Å²) in [6.07, 6.45) is 1.54. The molecule has 2 aromatic heterocycles. The van der Waals surface area contributed by atoms with Crippen LogP contribution in [0.25, 0.3) is 11.2 Å². The number of rotatable bonds is 4. The van der Waals surface area contributed by atoms with Crippen LogP contribution in [0.4, 0.5) is 0 Å². The summed E-state index contributed by atoms with van der Waals surface area (Å²) in [5, 5.41) is 16.9. The second kappa shape index (κ2) is 4.62. The first-order chi connectivity index (χ1) is 8.13. The second-order valence-electron chi connectivity index (χ2n) is 3.96. The van der Waals surface area contributed by atoms with E-state index in [1.807, 2.05) is 6.92 Å². The molecule has 0 aliphatic carbocycles. The molecule has 0 aliphatic rings. The monoisotopic (exact) mass is 237 g/mol. The van der Waals surface area contributed by atoms with Crippen LogP contribution < -0.4 is 5.56 Å². The number of aliphatic hydroxyl groups excluding tert-OH is 1. The Kier molecular flexibility index (Phi) is 3.19. The molecule has 2 heterocycles. The van der Waals surface area contributed by atoms with E-state index in [4.69, 9.17) is 0 Å². The van der Waals surface area contributed by atoms with Crippen molar-refractivity contribution in [2.75, 3.05) is 0 Å². The predicted molar refractivity (Wildman–Crippen MR) is 61.6 cm³/mol. The first kappa shape index (κ1) is 11.7. The molecule has 0 radical (unpaired) electrons. The standard InChI is InChI=1S/C10H15N5O2/c1-3-15-9-8(12-13-15)10(17)14(6-11-9)5-4-7(2)16/h6-7,16H,3-5H2,1-2H3. The zero-order valence-electron chi connectivity index (χ0n) is 9.87. The van der Waals surface area contributed by atoms with Crippen molar-refractivity contribution in [3.63, 3.8) is 0 Å². The van der Waals surface area contributed by atoms with Crippen molar-refractivity contribution in [3.05, 3.63) is 16.7 Å². The highest BCUT2D eigenvalue weighted by Crippen LogP contribution is 2.02. The highest BCUT2D eigenvalue weighted by atomic mass is 16.3. The van der Waals surface area contributed by atoms with Gasteiger partial charge in [-0.2, -0.15) is 0 Å².